The summed E-state index contributed by atoms with van der Waals surface area (Å²) < 4.78 is 0. The number of hydrogen-bond acceptors (Lipinski definition) is 3. The van der Waals surface area contributed by atoms with E-state index < -0.39 is 6.04 Å². The molecule has 4 nitrogen and oxygen atoms in total. The number of rotatable bonds is 12. The number of carbonyl (C=O) groups excluding carboxylic acids is 2. The van der Waals surface area contributed by atoms with Gasteiger partial charge >= 0.3 is 0 Å². The van der Waals surface area contributed by atoms with Gasteiger partial charge in [0.25, 0.3) is 0 Å². The summed E-state index contributed by atoms with van der Waals surface area (Å²) in [6.45, 7) is 4.93. The van der Waals surface area contributed by atoms with Gasteiger partial charge in [0.15, 0.2) is 0 Å². The first kappa shape index (κ1) is 29.4. The zero-order valence-electron chi connectivity index (χ0n) is 20.9. The number of halogens is 3. The first-order valence-corrected chi connectivity index (χ1v) is 14.4. The zero-order chi connectivity index (χ0) is 26.8. The van der Waals surface area contributed by atoms with Gasteiger partial charge < -0.3 is 10.2 Å². The number of thioether (sulfide) groups is 1. The highest BCUT2D eigenvalue weighted by atomic mass is 35.5. The van der Waals surface area contributed by atoms with Crippen molar-refractivity contribution in [1.82, 2.24) is 10.2 Å². The zero-order valence-corrected chi connectivity index (χ0v) is 24.0. The molecule has 37 heavy (non-hydrogen) atoms. The van der Waals surface area contributed by atoms with Crippen molar-refractivity contribution in [3.05, 3.63) is 105 Å². The van der Waals surface area contributed by atoms with E-state index in [-0.39, 0.29) is 17.6 Å². The van der Waals surface area contributed by atoms with E-state index in [0.717, 1.165) is 16.7 Å². The minimum absolute atomic E-state index is 0.111. The lowest BCUT2D eigenvalue weighted by atomic mass is 10.0. The summed E-state index contributed by atoms with van der Waals surface area (Å²) in [5.41, 5.74) is 2.87. The Hall–Kier alpha value is -2.18. The molecule has 1 N–H and O–H groups in total. The molecule has 196 valence electrons. The normalized spacial score (nSPS) is 11.8. The van der Waals surface area contributed by atoms with Crippen LogP contribution in [0.4, 0.5) is 0 Å². The molecular formula is C29H31Cl3N2O2S. The fourth-order valence-electron chi connectivity index (χ4n) is 3.73. The topological polar surface area (TPSA) is 49.4 Å². The van der Waals surface area contributed by atoms with E-state index in [1.807, 2.05) is 68.4 Å². The Morgan fingerprint density at radius 3 is 2.19 bits per heavy atom. The van der Waals surface area contributed by atoms with Crippen LogP contribution in [0.25, 0.3) is 0 Å². The summed E-state index contributed by atoms with van der Waals surface area (Å²) in [5, 5.41) is 4.64. The molecule has 0 heterocycles. The lowest BCUT2D eigenvalue weighted by Gasteiger charge is -2.32. The molecule has 0 aliphatic heterocycles. The highest BCUT2D eigenvalue weighted by Gasteiger charge is 2.30. The maximum atomic E-state index is 13.7. The van der Waals surface area contributed by atoms with Crippen molar-refractivity contribution in [3.8, 4) is 0 Å². The van der Waals surface area contributed by atoms with Crippen LogP contribution in [-0.2, 0) is 28.3 Å². The van der Waals surface area contributed by atoms with E-state index in [4.69, 9.17) is 34.8 Å². The average molecular weight is 578 g/mol. The van der Waals surface area contributed by atoms with Gasteiger partial charge in [-0.2, -0.15) is 0 Å². The van der Waals surface area contributed by atoms with Gasteiger partial charge in [-0.25, -0.2) is 0 Å². The third-order valence-electron chi connectivity index (χ3n) is 5.70. The minimum atomic E-state index is -0.657. The van der Waals surface area contributed by atoms with E-state index in [9.17, 15) is 9.59 Å². The molecule has 0 spiro atoms. The number of carbonyl (C=O) groups is 2. The molecule has 0 aliphatic carbocycles. The van der Waals surface area contributed by atoms with Gasteiger partial charge in [-0.3, -0.25) is 9.59 Å². The fraction of sp³-hybridized carbons (Fsp3) is 0.310. The summed E-state index contributed by atoms with van der Waals surface area (Å²) in [6.07, 6.45) is 0.418. The summed E-state index contributed by atoms with van der Waals surface area (Å²) in [5.74, 6) is 0.843. The molecule has 0 unspecified atom stereocenters. The van der Waals surface area contributed by atoms with Crippen LogP contribution in [-0.4, -0.2) is 35.1 Å². The molecule has 0 fully saturated rings. The number of amides is 2. The van der Waals surface area contributed by atoms with Gasteiger partial charge in [0.05, 0.1) is 15.8 Å². The number of nitrogens with zero attached hydrogens (tertiary/aromatic N) is 1. The molecular weight excluding hydrogens is 547 g/mol. The number of hydrogen-bond donors (Lipinski definition) is 1. The Morgan fingerprint density at radius 2 is 1.54 bits per heavy atom. The molecule has 8 heteroatoms. The van der Waals surface area contributed by atoms with Crippen LogP contribution in [0.1, 0.15) is 30.5 Å². The SMILES string of the molecule is CC(C)CNC(=O)[C@H](Cc1ccccc1)N(Cc1ccc(Cl)cc1)C(=O)CSCc1ccc(Cl)c(Cl)c1. The molecule has 0 aliphatic rings. The van der Waals surface area contributed by atoms with Crippen molar-refractivity contribution in [3.63, 3.8) is 0 Å². The fourth-order valence-corrected chi connectivity index (χ4v) is 5.04. The third-order valence-corrected chi connectivity index (χ3v) is 7.68. The maximum absolute atomic E-state index is 13.7. The van der Waals surface area contributed by atoms with Crippen molar-refractivity contribution < 1.29 is 9.59 Å². The van der Waals surface area contributed by atoms with Crippen LogP contribution in [0, 0.1) is 5.92 Å². The van der Waals surface area contributed by atoms with Gasteiger partial charge in [0.1, 0.15) is 6.04 Å². The Morgan fingerprint density at radius 1 is 0.865 bits per heavy atom. The molecule has 0 radical (unpaired) electrons. The Bertz CT molecular complexity index is 1170. The third kappa shape index (κ3) is 9.57. The Kier molecular flexibility index (Phi) is 11.7. The summed E-state index contributed by atoms with van der Waals surface area (Å²) in [7, 11) is 0. The number of nitrogens with one attached hydrogen (secondary N) is 1. The van der Waals surface area contributed by atoms with Crippen molar-refractivity contribution in [2.24, 2.45) is 5.92 Å². The minimum Gasteiger partial charge on any atom is -0.354 e. The van der Waals surface area contributed by atoms with Gasteiger partial charge in [-0.15, -0.1) is 11.8 Å². The van der Waals surface area contributed by atoms with Crippen molar-refractivity contribution >= 4 is 58.4 Å². The van der Waals surface area contributed by atoms with E-state index in [1.165, 1.54) is 11.8 Å². The first-order valence-electron chi connectivity index (χ1n) is 12.1. The van der Waals surface area contributed by atoms with Gasteiger partial charge in [-0.1, -0.05) is 97.2 Å². The second-order valence-electron chi connectivity index (χ2n) is 9.23. The first-order chi connectivity index (χ1) is 17.7. The molecule has 3 rings (SSSR count). The smallest absolute Gasteiger partial charge is 0.243 e. The molecule has 0 saturated heterocycles. The summed E-state index contributed by atoms with van der Waals surface area (Å²) >= 11 is 19.7. The standard InChI is InChI=1S/C29H31Cl3N2O2S/c1-20(2)16-33-29(36)27(15-21-6-4-3-5-7-21)34(17-22-8-11-24(30)12-9-22)28(35)19-37-18-23-10-13-25(31)26(32)14-23/h3-14,20,27H,15-19H2,1-2H3,(H,33,36)/t27-/m0/s1. The lowest BCUT2D eigenvalue weighted by molar-refractivity contribution is -0.139. The van der Waals surface area contributed by atoms with Crippen LogP contribution >= 0.6 is 46.6 Å². The van der Waals surface area contributed by atoms with Crippen LogP contribution in [0.5, 0.6) is 0 Å². The van der Waals surface area contributed by atoms with Crippen LogP contribution in [0.3, 0.4) is 0 Å². The Labute approximate surface area is 238 Å². The Balaban J connectivity index is 1.83. The molecule has 2 amide bonds. The highest BCUT2D eigenvalue weighted by molar-refractivity contribution is 7.99. The van der Waals surface area contributed by atoms with Gasteiger partial charge in [0.2, 0.25) is 11.8 Å². The summed E-state index contributed by atoms with van der Waals surface area (Å²) in [4.78, 5) is 28.8. The van der Waals surface area contributed by atoms with Crippen molar-refractivity contribution in [2.75, 3.05) is 12.3 Å². The largest absolute Gasteiger partial charge is 0.354 e. The van der Waals surface area contributed by atoms with E-state index in [0.29, 0.717) is 46.2 Å². The monoisotopic (exact) mass is 576 g/mol. The second kappa shape index (κ2) is 14.7. The van der Waals surface area contributed by atoms with Crippen molar-refractivity contribution in [2.45, 2.75) is 38.6 Å². The highest BCUT2D eigenvalue weighted by Crippen LogP contribution is 2.25. The van der Waals surface area contributed by atoms with Crippen LogP contribution < -0.4 is 5.32 Å². The molecule has 3 aromatic rings. The quantitative estimate of drug-likeness (QED) is 0.246. The van der Waals surface area contributed by atoms with Crippen molar-refractivity contribution in [1.29, 1.82) is 0 Å². The molecule has 0 saturated carbocycles. The van der Waals surface area contributed by atoms with E-state index in [2.05, 4.69) is 5.32 Å². The maximum Gasteiger partial charge on any atom is 0.243 e. The van der Waals surface area contributed by atoms with E-state index in [1.54, 1.807) is 23.1 Å². The molecule has 0 aromatic heterocycles. The lowest BCUT2D eigenvalue weighted by Crippen LogP contribution is -2.51. The van der Waals surface area contributed by atoms with Gasteiger partial charge in [-0.05, 0) is 46.9 Å². The molecule has 1 atom stereocenters. The number of benzene rings is 3. The van der Waals surface area contributed by atoms with Crippen LogP contribution in [0.15, 0.2) is 72.8 Å². The molecule has 3 aromatic carbocycles. The van der Waals surface area contributed by atoms with Crippen LogP contribution in [0.2, 0.25) is 15.1 Å². The second-order valence-corrected chi connectivity index (χ2v) is 11.5. The van der Waals surface area contributed by atoms with E-state index >= 15 is 0 Å². The summed E-state index contributed by atoms with van der Waals surface area (Å²) in [6, 6.07) is 21.9. The predicted molar refractivity (Wildman–Crippen MR) is 156 cm³/mol. The molecule has 0 bridgehead atoms. The predicted octanol–water partition coefficient (Wildman–Crippen LogP) is 7.29. The average Bonchev–Trinajstić information content (AvgIpc) is 2.88. The van der Waals surface area contributed by atoms with Gasteiger partial charge in [0, 0.05) is 30.3 Å².